The van der Waals surface area contributed by atoms with Crippen molar-refractivity contribution < 1.29 is 14.5 Å². The van der Waals surface area contributed by atoms with Gasteiger partial charge in [0, 0.05) is 18.9 Å². The minimum Gasteiger partial charge on any atom is -0.426 e. The molecule has 1 aromatic carbocycles. The van der Waals surface area contributed by atoms with Crippen LogP contribution in [0.2, 0.25) is 0 Å². The first-order valence-corrected chi connectivity index (χ1v) is 4.87. The number of carbonyl (C=O) groups excluding carboxylic acids is 1. The van der Waals surface area contributed by atoms with Gasteiger partial charge >= 0.3 is 5.97 Å². The minimum absolute atomic E-state index is 0.136. The quantitative estimate of drug-likeness (QED) is 0.264. The van der Waals surface area contributed by atoms with Crippen molar-refractivity contribution in [1.82, 2.24) is 0 Å². The Morgan fingerprint density at radius 1 is 1.53 bits per heavy atom. The van der Waals surface area contributed by atoms with Crippen molar-refractivity contribution in [3.05, 3.63) is 53.5 Å². The lowest BCUT2D eigenvalue weighted by molar-refractivity contribution is -0.385. The van der Waals surface area contributed by atoms with Gasteiger partial charge in [-0.3, -0.25) is 14.9 Å². The Bertz CT molecular complexity index is 468. The van der Waals surface area contributed by atoms with Crippen LogP contribution in [-0.2, 0) is 4.79 Å². The van der Waals surface area contributed by atoms with Crippen molar-refractivity contribution in [2.24, 2.45) is 0 Å². The van der Waals surface area contributed by atoms with E-state index in [1.165, 1.54) is 25.1 Å². The van der Waals surface area contributed by atoms with Crippen molar-refractivity contribution in [2.75, 3.05) is 0 Å². The summed E-state index contributed by atoms with van der Waals surface area (Å²) >= 11 is 0. The van der Waals surface area contributed by atoms with Gasteiger partial charge in [-0.2, -0.15) is 0 Å². The Hall–Kier alpha value is -2.17. The van der Waals surface area contributed by atoms with Crippen LogP contribution in [0.25, 0.3) is 0 Å². The molecule has 0 saturated heterocycles. The third kappa shape index (κ3) is 3.41. The Morgan fingerprint density at radius 2 is 2.18 bits per heavy atom. The number of nitro groups is 1. The van der Waals surface area contributed by atoms with Crippen molar-refractivity contribution in [1.29, 1.82) is 0 Å². The number of carbonyl (C=O) groups is 1. The molecular formula is C12H12NO4. The maximum absolute atomic E-state index is 10.8. The zero-order chi connectivity index (χ0) is 13.0. The maximum Gasteiger partial charge on any atom is 0.308 e. The predicted molar refractivity (Wildman–Crippen MR) is 62.7 cm³/mol. The van der Waals surface area contributed by atoms with E-state index < -0.39 is 10.9 Å². The van der Waals surface area contributed by atoms with Crippen LogP contribution in [0, 0.1) is 17.0 Å². The van der Waals surface area contributed by atoms with Gasteiger partial charge < -0.3 is 4.74 Å². The van der Waals surface area contributed by atoms with E-state index in [0.717, 1.165) is 0 Å². The zero-order valence-corrected chi connectivity index (χ0v) is 9.38. The van der Waals surface area contributed by atoms with E-state index in [0.29, 0.717) is 5.56 Å². The average Bonchev–Trinajstić information content (AvgIpc) is 2.26. The second-order valence-corrected chi connectivity index (χ2v) is 3.45. The molecule has 5 nitrogen and oxygen atoms in total. The first-order chi connectivity index (χ1) is 7.93. The van der Waals surface area contributed by atoms with Gasteiger partial charge in [0.05, 0.1) is 11.0 Å². The first-order valence-electron chi connectivity index (χ1n) is 4.87. The first kappa shape index (κ1) is 12.9. The summed E-state index contributed by atoms with van der Waals surface area (Å²) in [6.07, 6.45) is 1.55. The highest BCUT2D eigenvalue weighted by atomic mass is 16.6. The second-order valence-electron chi connectivity index (χ2n) is 3.45. The summed E-state index contributed by atoms with van der Waals surface area (Å²) < 4.78 is 4.83. The molecule has 89 valence electrons. The SMILES string of the molecule is [CH2]C(C=C)c1cc(OC(C)=O)cc([N+](=O)[O-])c1. The van der Waals surface area contributed by atoms with Crippen molar-refractivity contribution in [3.63, 3.8) is 0 Å². The molecule has 0 saturated carbocycles. The molecule has 5 heteroatoms. The molecular weight excluding hydrogens is 222 g/mol. The molecule has 1 rings (SSSR count). The standard InChI is InChI=1S/C12H12NO4/c1-4-8(2)10-5-11(13(15)16)7-12(6-10)17-9(3)14/h4-8H,1-2H2,3H3. The van der Waals surface area contributed by atoms with E-state index in [4.69, 9.17) is 4.74 Å². The van der Waals surface area contributed by atoms with Gasteiger partial charge in [0.25, 0.3) is 5.69 Å². The van der Waals surface area contributed by atoms with Crippen LogP contribution >= 0.6 is 0 Å². The number of nitro benzene ring substituents is 1. The van der Waals surface area contributed by atoms with Gasteiger partial charge in [-0.1, -0.05) is 6.08 Å². The van der Waals surface area contributed by atoms with E-state index in [9.17, 15) is 14.9 Å². The van der Waals surface area contributed by atoms with Crippen molar-refractivity contribution >= 4 is 11.7 Å². The van der Waals surface area contributed by atoms with Crippen LogP contribution in [0.15, 0.2) is 30.9 Å². The number of rotatable bonds is 4. The predicted octanol–water partition coefficient (Wildman–Crippen LogP) is 2.62. The van der Waals surface area contributed by atoms with E-state index >= 15 is 0 Å². The number of esters is 1. The van der Waals surface area contributed by atoms with Gasteiger partial charge in [-0.05, 0) is 18.6 Å². The molecule has 17 heavy (non-hydrogen) atoms. The molecule has 0 N–H and O–H groups in total. The molecule has 1 radical (unpaired) electrons. The summed E-state index contributed by atoms with van der Waals surface area (Å²) in [5.74, 6) is -0.697. The molecule has 0 aromatic heterocycles. The lowest BCUT2D eigenvalue weighted by Gasteiger charge is -2.08. The summed E-state index contributed by atoms with van der Waals surface area (Å²) in [4.78, 5) is 21.0. The van der Waals surface area contributed by atoms with Crippen molar-refractivity contribution in [3.8, 4) is 5.75 Å². The summed E-state index contributed by atoms with van der Waals surface area (Å²) in [7, 11) is 0. The Balaban J connectivity index is 3.22. The summed E-state index contributed by atoms with van der Waals surface area (Å²) in [6.45, 7) is 8.56. The lowest BCUT2D eigenvalue weighted by atomic mass is 10.0. The summed E-state index contributed by atoms with van der Waals surface area (Å²) in [6, 6.07) is 4.11. The minimum atomic E-state index is -0.549. The van der Waals surface area contributed by atoms with Crippen LogP contribution < -0.4 is 4.74 Å². The third-order valence-electron chi connectivity index (χ3n) is 2.10. The monoisotopic (exact) mass is 234 g/mol. The number of ether oxygens (including phenoxy) is 1. The van der Waals surface area contributed by atoms with E-state index in [1.54, 1.807) is 6.08 Å². The van der Waals surface area contributed by atoms with Gasteiger partial charge in [0.15, 0.2) is 0 Å². The van der Waals surface area contributed by atoms with Gasteiger partial charge in [0.1, 0.15) is 5.75 Å². The Morgan fingerprint density at radius 3 is 2.65 bits per heavy atom. The number of non-ortho nitro benzene ring substituents is 1. The number of benzene rings is 1. The molecule has 0 bridgehead atoms. The molecule has 0 fully saturated rings. The Labute approximate surface area is 98.9 Å². The second kappa shape index (κ2) is 5.25. The van der Waals surface area contributed by atoms with Crippen LogP contribution in [0.3, 0.4) is 0 Å². The fourth-order valence-corrected chi connectivity index (χ4v) is 1.29. The molecule has 0 aliphatic heterocycles. The molecule has 0 spiro atoms. The van der Waals surface area contributed by atoms with Gasteiger partial charge in [0.2, 0.25) is 0 Å². The van der Waals surface area contributed by atoms with Gasteiger partial charge in [-0.15, -0.1) is 6.58 Å². The largest absolute Gasteiger partial charge is 0.426 e. The fourth-order valence-electron chi connectivity index (χ4n) is 1.29. The summed E-state index contributed by atoms with van der Waals surface area (Å²) in [5, 5.41) is 10.7. The van der Waals surface area contributed by atoms with Crippen LogP contribution in [-0.4, -0.2) is 10.9 Å². The number of hydrogen-bond acceptors (Lipinski definition) is 4. The van der Waals surface area contributed by atoms with E-state index in [1.807, 2.05) is 0 Å². The van der Waals surface area contributed by atoms with Crippen molar-refractivity contribution in [2.45, 2.75) is 12.8 Å². The molecule has 0 aliphatic rings. The number of nitrogens with zero attached hydrogens (tertiary/aromatic N) is 1. The fraction of sp³-hybridized carbons (Fsp3) is 0.167. The topological polar surface area (TPSA) is 69.4 Å². The van der Waals surface area contributed by atoms with Gasteiger partial charge in [-0.25, -0.2) is 0 Å². The van der Waals surface area contributed by atoms with Crippen LogP contribution in [0.4, 0.5) is 5.69 Å². The average molecular weight is 234 g/mol. The lowest BCUT2D eigenvalue weighted by Crippen LogP contribution is -2.03. The van der Waals surface area contributed by atoms with Crippen LogP contribution in [0.1, 0.15) is 18.4 Å². The van der Waals surface area contributed by atoms with E-state index in [2.05, 4.69) is 13.5 Å². The smallest absolute Gasteiger partial charge is 0.308 e. The molecule has 0 aliphatic carbocycles. The summed E-state index contributed by atoms with van der Waals surface area (Å²) in [5.41, 5.74) is 0.430. The highest BCUT2D eigenvalue weighted by Gasteiger charge is 2.14. The maximum atomic E-state index is 10.8. The molecule has 1 atom stereocenters. The Kier molecular flexibility index (Phi) is 3.98. The molecule has 0 heterocycles. The zero-order valence-electron chi connectivity index (χ0n) is 9.38. The van der Waals surface area contributed by atoms with E-state index in [-0.39, 0.29) is 17.4 Å². The normalized spacial score (nSPS) is 11.6. The number of hydrogen-bond donors (Lipinski definition) is 0. The number of allylic oxidation sites excluding steroid dienone is 1. The highest BCUT2D eigenvalue weighted by Crippen LogP contribution is 2.27. The molecule has 1 aromatic rings. The highest BCUT2D eigenvalue weighted by molar-refractivity contribution is 5.69. The molecule has 1 unspecified atom stereocenters. The third-order valence-corrected chi connectivity index (χ3v) is 2.10. The van der Waals surface area contributed by atoms with Crippen LogP contribution in [0.5, 0.6) is 5.75 Å². The molecule has 0 amide bonds.